The van der Waals surface area contributed by atoms with Crippen LogP contribution in [0.2, 0.25) is 0 Å². The molecule has 1 aromatic rings. The number of carbonyl (C=O) groups excluding carboxylic acids is 1. The molecule has 0 saturated carbocycles. The van der Waals surface area contributed by atoms with E-state index in [4.69, 9.17) is 0 Å². The molecule has 2 heterocycles. The van der Waals surface area contributed by atoms with Gasteiger partial charge >= 0.3 is 0 Å². The second-order valence-corrected chi connectivity index (χ2v) is 10.0. The number of carbonyl (C=O) groups is 1. The van der Waals surface area contributed by atoms with Crippen molar-refractivity contribution in [2.45, 2.75) is 63.1 Å². The van der Waals surface area contributed by atoms with Gasteiger partial charge in [0.25, 0.3) is 0 Å². The lowest BCUT2D eigenvalue weighted by atomic mass is 9.96. The van der Waals surface area contributed by atoms with Crippen LogP contribution in [0.4, 0.5) is 0 Å². The second kappa shape index (κ2) is 8.82. The fourth-order valence-corrected chi connectivity index (χ4v) is 6.05. The molecule has 7 nitrogen and oxygen atoms in total. The average Bonchev–Trinajstić information content (AvgIpc) is 2.73. The van der Waals surface area contributed by atoms with Crippen LogP contribution in [0.1, 0.15) is 45.6 Å². The van der Waals surface area contributed by atoms with E-state index in [9.17, 15) is 18.5 Å². The summed E-state index contributed by atoms with van der Waals surface area (Å²) >= 11 is 0. The average molecular weight is 419 g/mol. The van der Waals surface area contributed by atoms with E-state index in [1.54, 1.807) is 12.1 Å². The first-order valence-corrected chi connectivity index (χ1v) is 11.8. The minimum absolute atomic E-state index is 0.0519. The van der Waals surface area contributed by atoms with Gasteiger partial charge in [-0.1, -0.05) is 12.1 Å². The predicted octanol–water partition coefficient (Wildman–Crippen LogP) is 2.04. The van der Waals surface area contributed by atoms with Gasteiger partial charge in [0.15, 0.2) is 0 Å². The lowest BCUT2D eigenvalue weighted by molar-refractivity contribution is -0.143. The van der Waals surface area contributed by atoms with Crippen LogP contribution < -0.4 is 0 Å². The van der Waals surface area contributed by atoms with Gasteiger partial charge in [-0.15, -0.1) is 0 Å². The van der Waals surface area contributed by atoms with Crippen molar-refractivity contribution in [2.24, 2.45) is 0 Å². The van der Waals surface area contributed by atoms with Crippen LogP contribution in [0.5, 0.6) is 0 Å². The molecule has 0 N–H and O–H groups in total. The van der Waals surface area contributed by atoms with Crippen LogP contribution in [-0.2, 0) is 14.8 Å². The Kier molecular flexibility index (Phi) is 6.62. The van der Waals surface area contributed by atoms with Crippen molar-refractivity contribution in [2.75, 3.05) is 26.2 Å². The molecule has 2 fully saturated rings. The molecule has 0 aliphatic carbocycles. The maximum Gasteiger partial charge on any atom is 0.244 e. The number of hydrogen-bond acceptors (Lipinski definition) is 5. The normalized spacial score (nSPS) is 25.4. The predicted molar refractivity (Wildman–Crippen MR) is 111 cm³/mol. The number of piperazine rings is 1. The molecule has 3 atom stereocenters. The van der Waals surface area contributed by atoms with Crippen molar-refractivity contribution in [1.29, 1.82) is 5.26 Å². The Balaban J connectivity index is 1.67. The molecule has 0 spiro atoms. The molecule has 2 aliphatic rings. The largest absolute Gasteiger partial charge is 0.336 e. The third kappa shape index (κ3) is 4.32. The van der Waals surface area contributed by atoms with E-state index in [1.165, 1.54) is 16.4 Å². The first-order valence-electron chi connectivity index (χ1n) is 10.3. The molecule has 0 unspecified atom stereocenters. The number of hydrogen-bond donors (Lipinski definition) is 0. The first kappa shape index (κ1) is 21.8. The van der Waals surface area contributed by atoms with Crippen LogP contribution in [0, 0.1) is 11.3 Å². The van der Waals surface area contributed by atoms with E-state index in [2.05, 4.69) is 18.7 Å². The molecule has 29 heavy (non-hydrogen) atoms. The maximum absolute atomic E-state index is 13.1. The molecule has 2 aliphatic heterocycles. The minimum atomic E-state index is -3.72. The summed E-state index contributed by atoms with van der Waals surface area (Å²) in [4.78, 5) is 17.3. The van der Waals surface area contributed by atoms with Crippen molar-refractivity contribution < 1.29 is 13.2 Å². The first-order chi connectivity index (χ1) is 13.8. The van der Waals surface area contributed by atoms with E-state index in [0.29, 0.717) is 26.2 Å². The number of rotatable bonds is 4. The van der Waals surface area contributed by atoms with Crippen molar-refractivity contribution in [3.05, 3.63) is 29.8 Å². The third-order valence-corrected chi connectivity index (χ3v) is 8.21. The van der Waals surface area contributed by atoms with Gasteiger partial charge in [-0.25, -0.2) is 8.42 Å². The van der Waals surface area contributed by atoms with Gasteiger partial charge in [0.05, 0.1) is 16.5 Å². The Morgan fingerprint density at radius 1 is 1.10 bits per heavy atom. The number of sulfonamides is 1. The summed E-state index contributed by atoms with van der Waals surface area (Å²) in [6.07, 6.45) is 3.22. The van der Waals surface area contributed by atoms with Gasteiger partial charge in [-0.05, 0) is 52.2 Å². The van der Waals surface area contributed by atoms with E-state index in [-0.39, 0.29) is 34.5 Å². The van der Waals surface area contributed by atoms with Crippen LogP contribution in [0.3, 0.4) is 0 Å². The summed E-state index contributed by atoms with van der Waals surface area (Å²) in [5.41, 5.74) is 0.159. The zero-order valence-electron chi connectivity index (χ0n) is 17.4. The fourth-order valence-electron chi connectivity index (χ4n) is 4.48. The molecule has 158 valence electrons. The van der Waals surface area contributed by atoms with Crippen molar-refractivity contribution in [3.8, 4) is 6.07 Å². The van der Waals surface area contributed by atoms with Crippen LogP contribution in [-0.4, -0.2) is 72.7 Å². The lowest BCUT2D eigenvalue weighted by Crippen LogP contribution is -2.58. The summed E-state index contributed by atoms with van der Waals surface area (Å²) in [7, 11) is -3.72. The van der Waals surface area contributed by atoms with Gasteiger partial charge in [0.1, 0.15) is 6.07 Å². The molecule has 3 rings (SSSR count). The molecule has 8 heteroatoms. The molecule has 1 amide bonds. The third-order valence-electron chi connectivity index (χ3n) is 6.25. The Hall–Kier alpha value is -1.95. The van der Waals surface area contributed by atoms with E-state index in [1.807, 2.05) is 17.9 Å². The smallest absolute Gasteiger partial charge is 0.244 e. The maximum atomic E-state index is 13.1. The van der Waals surface area contributed by atoms with Crippen molar-refractivity contribution in [3.63, 3.8) is 0 Å². The number of nitrogens with zero attached hydrogens (tertiary/aromatic N) is 4. The number of likely N-dealkylation sites (tertiary alicyclic amines) is 1. The van der Waals surface area contributed by atoms with E-state index >= 15 is 0 Å². The molecule has 0 radical (unpaired) electrons. The van der Waals surface area contributed by atoms with Gasteiger partial charge in [-0.3, -0.25) is 9.69 Å². The molecular weight excluding hydrogens is 388 g/mol. The highest BCUT2D eigenvalue weighted by molar-refractivity contribution is 7.89. The summed E-state index contributed by atoms with van der Waals surface area (Å²) in [5, 5.41) is 9.24. The molecule has 0 aromatic heterocycles. The zero-order valence-corrected chi connectivity index (χ0v) is 18.2. The topological polar surface area (TPSA) is 84.7 Å². The monoisotopic (exact) mass is 418 g/mol. The highest BCUT2D eigenvalue weighted by Gasteiger charge is 2.37. The summed E-state index contributed by atoms with van der Waals surface area (Å²) in [5.74, 6) is 0.135. The van der Waals surface area contributed by atoms with Crippen LogP contribution >= 0.6 is 0 Å². The van der Waals surface area contributed by atoms with Gasteiger partial charge in [0, 0.05) is 38.3 Å². The number of benzene rings is 1. The Morgan fingerprint density at radius 2 is 1.69 bits per heavy atom. The second-order valence-electron chi connectivity index (χ2n) is 8.10. The highest BCUT2D eigenvalue weighted by atomic mass is 32.2. The standard InChI is InChI=1S/C21H30N4O3S/c1-16-7-6-8-17(2)25(16)21(26)18(3)23-11-13-24(14-12-23)29(27,28)20-10-5-4-9-19(20)15-22/h4-5,9-10,16-18H,6-8,11-14H2,1-3H3/t16-,17-,18-/m1/s1. The van der Waals surface area contributed by atoms with Gasteiger partial charge in [0.2, 0.25) is 15.9 Å². The number of piperidine rings is 1. The molecule has 0 bridgehead atoms. The van der Waals surface area contributed by atoms with E-state index < -0.39 is 10.0 Å². The number of nitriles is 1. The van der Waals surface area contributed by atoms with Gasteiger partial charge in [-0.2, -0.15) is 9.57 Å². The quantitative estimate of drug-likeness (QED) is 0.747. The Labute approximate surface area is 173 Å². The van der Waals surface area contributed by atoms with E-state index in [0.717, 1.165) is 19.3 Å². The van der Waals surface area contributed by atoms with Crippen molar-refractivity contribution >= 4 is 15.9 Å². The Bertz CT molecular complexity index is 877. The van der Waals surface area contributed by atoms with Crippen LogP contribution in [0.15, 0.2) is 29.2 Å². The molecule has 2 saturated heterocycles. The summed E-state index contributed by atoms with van der Waals surface area (Å²) in [6, 6.07) is 8.47. The zero-order chi connectivity index (χ0) is 21.2. The van der Waals surface area contributed by atoms with Gasteiger partial charge < -0.3 is 4.90 Å². The number of amides is 1. The summed E-state index contributed by atoms with van der Waals surface area (Å²) < 4.78 is 27.4. The highest BCUT2D eigenvalue weighted by Crippen LogP contribution is 2.25. The van der Waals surface area contributed by atoms with Crippen LogP contribution in [0.25, 0.3) is 0 Å². The van der Waals surface area contributed by atoms with Crippen molar-refractivity contribution in [1.82, 2.24) is 14.1 Å². The Morgan fingerprint density at radius 3 is 2.28 bits per heavy atom. The summed E-state index contributed by atoms with van der Waals surface area (Å²) in [6.45, 7) is 7.75. The SMILES string of the molecule is C[C@H](C(=O)N1[C@H](C)CCC[C@H]1C)N1CCN(S(=O)(=O)c2ccccc2C#N)CC1. The molecule has 1 aromatic carbocycles. The lowest BCUT2D eigenvalue weighted by Gasteiger charge is -2.43. The fraction of sp³-hybridized carbons (Fsp3) is 0.619. The minimum Gasteiger partial charge on any atom is -0.336 e. The molecular formula is C21H30N4O3S.